The molecule has 2 aliphatic rings. The van der Waals surface area contributed by atoms with Gasteiger partial charge in [0, 0.05) is 18.4 Å². The third-order valence-corrected chi connectivity index (χ3v) is 4.30. The van der Waals surface area contributed by atoms with Crippen molar-refractivity contribution in [2.45, 2.75) is 31.7 Å². The van der Waals surface area contributed by atoms with E-state index in [-0.39, 0.29) is 0 Å². The summed E-state index contributed by atoms with van der Waals surface area (Å²) in [5.41, 5.74) is 1.40. The predicted molar refractivity (Wildman–Crippen MR) is 73.5 cm³/mol. The zero-order valence-corrected chi connectivity index (χ0v) is 11.1. The van der Waals surface area contributed by atoms with Crippen molar-refractivity contribution in [3.05, 3.63) is 30.1 Å². The van der Waals surface area contributed by atoms with E-state index in [0.717, 1.165) is 0 Å². The molecule has 0 saturated carbocycles. The van der Waals surface area contributed by atoms with Crippen molar-refractivity contribution < 1.29 is 0 Å². The highest BCUT2D eigenvalue weighted by Crippen LogP contribution is 2.31. The van der Waals surface area contributed by atoms with Crippen LogP contribution in [0.25, 0.3) is 0 Å². The molecular formula is C15H23N3. The fourth-order valence-electron chi connectivity index (χ4n) is 3.15. The molecule has 1 atom stereocenters. The molecule has 1 aromatic heterocycles. The summed E-state index contributed by atoms with van der Waals surface area (Å²) in [5.74, 6) is 0. The zero-order chi connectivity index (χ0) is 12.2. The molecule has 2 fully saturated rings. The van der Waals surface area contributed by atoms with Gasteiger partial charge in [0.05, 0.1) is 0 Å². The minimum atomic E-state index is 0.620. The summed E-state index contributed by atoms with van der Waals surface area (Å²) in [6.45, 7) is 6.45. The molecule has 1 unspecified atom stereocenters. The summed E-state index contributed by atoms with van der Waals surface area (Å²) in [7, 11) is 0. The maximum atomic E-state index is 4.26. The van der Waals surface area contributed by atoms with Crippen molar-refractivity contribution in [1.29, 1.82) is 0 Å². The Balaban J connectivity index is 1.51. The predicted octanol–water partition coefficient (Wildman–Crippen LogP) is 2.31. The first-order chi connectivity index (χ1) is 8.93. The molecule has 2 aliphatic heterocycles. The number of nitrogens with zero attached hydrogens (tertiary/aromatic N) is 3. The van der Waals surface area contributed by atoms with E-state index in [1.54, 1.807) is 0 Å². The maximum absolute atomic E-state index is 4.26. The van der Waals surface area contributed by atoms with Crippen molar-refractivity contribution in [1.82, 2.24) is 14.8 Å². The molecule has 3 nitrogen and oxygen atoms in total. The first-order valence-electron chi connectivity index (χ1n) is 7.30. The monoisotopic (exact) mass is 245 g/mol. The lowest BCUT2D eigenvalue weighted by Gasteiger charge is -2.32. The zero-order valence-electron chi connectivity index (χ0n) is 11.1. The molecule has 1 aromatic rings. The summed E-state index contributed by atoms with van der Waals surface area (Å²) in [6.07, 6.45) is 9.27. The maximum Gasteiger partial charge on any atom is 0.0363 e. The van der Waals surface area contributed by atoms with Crippen molar-refractivity contribution in [2.75, 3.05) is 32.7 Å². The van der Waals surface area contributed by atoms with Crippen molar-refractivity contribution in [3.8, 4) is 0 Å². The fraction of sp³-hybridized carbons (Fsp3) is 0.667. The second kappa shape index (κ2) is 5.81. The smallest absolute Gasteiger partial charge is 0.0363 e. The van der Waals surface area contributed by atoms with Crippen LogP contribution in [0.5, 0.6) is 0 Å². The molecule has 3 rings (SSSR count). The lowest BCUT2D eigenvalue weighted by atomic mass is 10.1. The Hall–Kier alpha value is -0.930. The highest BCUT2D eigenvalue weighted by atomic mass is 15.2. The SMILES string of the molecule is c1cncc(C2CCCN2CCCN2CCC2)c1. The molecule has 0 aromatic carbocycles. The molecule has 0 spiro atoms. The lowest BCUT2D eigenvalue weighted by Crippen LogP contribution is -2.39. The van der Waals surface area contributed by atoms with Crippen LogP contribution in [0.2, 0.25) is 0 Å². The average molecular weight is 245 g/mol. The second-order valence-corrected chi connectivity index (χ2v) is 5.53. The summed E-state index contributed by atoms with van der Waals surface area (Å²) < 4.78 is 0. The van der Waals surface area contributed by atoms with Crippen molar-refractivity contribution >= 4 is 0 Å². The minimum Gasteiger partial charge on any atom is -0.303 e. The summed E-state index contributed by atoms with van der Waals surface area (Å²) in [4.78, 5) is 9.47. The Labute approximate surface area is 110 Å². The normalized spacial score (nSPS) is 25.2. The van der Waals surface area contributed by atoms with Gasteiger partial charge in [-0.15, -0.1) is 0 Å². The second-order valence-electron chi connectivity index (χ2n) is 5.53. The van der Waals surface area contributed by atoms with Gasteiger partial charge in [-0.05, 0) is 70.0 Å². The number of pyridine rings is 1. The molecule has 0 bridgehead atoms. The first-order valence-corrected chi connectivity index (χ1v) is 7.30. The van der Waals surface area contributed by atoms with Crippen LogP contribution in [0.4, 0.5) is 0 Å². The van der Waals surface area contributed by atoms with Crippen LogP contribution in [0.1, 0.15) is 37.3 Å². The first kappa shape index (κ1) is 12.1. The van der Waals surface area contributed by atoms with E-state index in [4.69, 9.17) is 0 Å². The van der Waals surface area contributed by atoms with Crippen LogP contribution in [0.3, 0.4) is 0 Å². The Morgan fingerprint density at radius 3 is 2.83 bits per heavy atom. The van der Waals surface area contributed by atoms with Gasteiger partial charge < -0.3 is 4.90 Å². The van der Waals surface area contributed by atoms with E-state index in [1.807, 2.05) is 12.4 Å². The Morgan fingerprint density at radius 1 is 1.17 bits per heavy atom. The van der Waals surface area contributed by atoms with Gasteiger partial charge in [-0.3, -0.25) is 9.88 Å². The minimum absolute atomic E-state index is 0.620. The molecule has 0 radical (unpaired) electrons. The van der Waals surface area contributed by atoms with E-state index in [1.165, 1.54) is 64.0 Å². The van der Waals surface area contributed by atoms with Crippen LogP contribution < -0.4 is 0 Å². The molecule has 2 saturated heterocycles. The third kappa shape index (κ3) is 2.73. The molecule has 18 heavy (non-hydrogen) atoms. The van der Waals surface area contributed by atoms with E-state index < -0.39 is 0 Å². The third-order valence-electron chi connectivity index (χ3n) is 4.30. The van der Waals surface area contributed by atoms with Crippen molar-refractivity contribution in [3.63, 3.8) is 0 Å². The Morgan fingerprint density at radius 2 is 2.11 bits per heavy atom. The molecule has 0 aliphatic carbocycles. The topological polar surface area (TPSA) is 19.4 Å². The summed E-state index contributed by atoms with van der Waals surface area (Å²) in [6, 6.07) is 4.91. The van der Waals surface area contributed by atoms with Crippen LogP contribution in [0.15, 0.2) is 24.5 Å². The van der Waals surface area contributed by atoms with Crippen LogP contribution >= 0.6 is 0 Å². The van der Waals surface area contributed by atoms with Crippen LogP contribution in [-0.4, -0.2) is 47.5 Å². The van der Waals surface area contributed by atoms with Gasteiger partial charge in [-0.25, -0.2) is 0 Å². The number of aromatic nitrogens is 1. The summed E-state index contributed by atoms with van der Waals surface area (Å²) in [5, 5.41) is 0. The van der Waals surface area contributed by atoms with Gasteiger partial charge in [-0.2, -0.15) is 0 Å². The molecular weight excluding hydrogens is 222 g/mol. The highest BCUT2D eigenvalue weighted by Gasteiger charge is 2.25. The molecule has 0 amide bonds. The standard InChI is InChI=1S/C15H23N3/c1-5-14(13-16-7-1)15-6-2-11-18(15)12-4-10-17-8-3-9-17/h1,5,7,13,15H,2-4,6,8-12H2. The largest absolute Gasteiger partial charge is 0.303 e. The van der Waals surface area contributed by atoms with Gasteiger partial charge >= 0.3 is 0 Å². The van der Waals surface area contributed by atoms with Gasteiger partial charge in [-0.1, -0.05) is 6.07 Å². The van der Waals surface area contributed by atoms with Gasteiger partial charge in [0.1, 0.15) is 0 Å². The quantitative estimate of drug-likeness (QED) is 0.793. The van der Waals surface area contributed by atoms with E-state index in [2.05, 4.69) is 26.9 Å². The summed E-state index contributed by atoms with van der Waals surface area (Å²) >= 11 is 0. The average Bonchev–Trinajstić information content (AvgIpc) is 2.82. The van der Waals surface area contributed by atoms with Gasteiger partial charge in [0.2, 0.25) is 0 Å². The van der Waals surface area contributed by atoms with Crippen LogP contribution in [0, 0.1) is 0 Å². The molecule has 0 N–H and O–H groups in total. The molecule has 3 heteroatoms. The number of rotatable bonds is 5. The van der Waals surface area contributed by atoms with Gasteiger partial charge in [0.25, 0.3) is 0 Å². The molecule has 98 valence electrons. The van der Waals surface area contributed by atoms with E-state index >= 15 is 0 Å². The fourth-order valence-corrected chi connectivity index (χ4v) is 3.15. The molecule has 3 heterocycles. The van der Waals surface area contributed by atoms with Gasteiger partial charge in [0.15, 0.2) is 0 Å². The van der Waals surface area contributed by atoms with Crippen LogP contribution in [-0.2, 0) is 0 Å². The van der Waals surface area contributed by atoms with E-state index in [9.17, 15) is 0 Å². The lowest BCUT2D eigenvalue weighted by molar-refractivity contribution is 0.162. The number of likely N-dealkylation sites (tertiary alicyclic amines) is 2. The Bertz CT molecular complexity index is 361. The Kier molecular flexibility index (Phi) is 3.91. The highest BCUT2D eigenvalue weighted by molar-refractivity contribution is 5.15. The van der Waals surface area contributed by atoms with E-state index in [0.29, 0.717) is 6.04 Å². The van der Waals surface area contributed by atoms with Crippen molar-refractivity contribution in [2.24, 2.45) is 0 Å². The number of hydrogen-bond acceptors (Lipinski definition) is 3. The number of hydrogen-bond donors (Lipinski definition) is 0.